The summed E-state index contributed by atoms with van der Waals surface area (Å²) in [5, 5.41) is 9.92. The minimum atomic E-state index is -1.04. The van der Waals surface area contributed by atoms with Gasteiger partial charge in [0.05, 0.1) is 5.56 Å². The molecule has 1 fully saturated rings. The first-order valence-electron chi connectivity index (χ1n) is 15.9. The van der Waals surface area contributed by atoms with E-state index in [1.165, 1.54) is 67.7 Å². The fraction of sp³-hybridized carbons (Fsp3) is 0.629. The number of hydrogen-bond acceptors (Lipinski definition) is 1. The number of rotatable bonds is 15. The van der Waals surface area contributed by atoms with Crippen molar-refractivity contribution in [1.82, 2.24) is 0 Å². The van der Waals surface area contributed by atoms with E-state index in [4.69, 9.17) is 0 Å². The zero-order valence-corrected chi connectivity index (χ0v) is 28.0. The van der Waals surface area contributed by atoms with Crippen molar-refractivity contribution < 1.29 is 9.90 Å². The summed E-state index contributed by atoms with van der Waals surface area (Å²) in [6.07, 6.45) is 14.4. The molecule has 1 saturated carbocycles. The van der Waals surface area contributed by atoms with Gasteiger partial charge in [0.1, 0.15) is 0 Å². The smallest absolute Gasteiger partial charge is 0.335 e. The lowest BCUT2D eigenvalue weighted by Crippen LogP contribution is -2.37. The molecule has 216 valence electrons. The number of aryl methyl sites for hydroxylation is 2. The Balaban J connectivity index is 1.51. The number of benzene rings is 2. The highest BCUT2D eigenvalue weighted by Crippen LogP contribution is 2.42. The largest absolute Gasteiger partial charge is 0.478 e. The Morgan fingerprint density at radius 1 is 0.769 bits per heavy atom. The molecule has 0 spiro atoms. The lowest BCUT2D eigenvalue weighted by Gasteiger charge is -2.30. The van der Waals surface area contributed by atoms with Crippen molar-refractivity contribution in [3.05, 3.63) is 70.3 Å². The van der Waals surface area contributed by atoms with Gasteiger partial charge in [0.25, 0.3) is 0 Å². The van der Waals surface area contributed by atoms with Crippen molar-refractivity contribution >= 4 is 22.1 Å². The predicted octanol–water partition coefficient (Wildman–Crippen LogP) is 10.9. The molecule has 39 heavy (non-hydrogen) atoms. The Hall–Kier alpha value is -1.66. The topological polar surface area (TPSA) is 37.3 Å². The average molecular weight is 565 g/mol. The van der Waals surface area contributed by atoms with Gasteiger partial charge in [-0.25, -0.2) is 4.79 Å². The van der Waals surface area contributed by atoms with Gasteiger partial charge in [-0.2, -0.15) is 0 Å². The summed E-state index contributed by atoms with van der Waals surface area (Å²) >= 11 is 0. The van der Waals surface area contributed by atoms with Crippen LogP contribution in [0.5, 0.6) is 0 Å². The Morgan fingerprint density at radius 2 is 1.36 bits per heavy atom. The molecule has 0 saturated heterocycles. The van der Waals surface area contributed by atoms with Crippen molar-refractivity contribution in [1.29, 1.82) is 0 Å². The Labute approximate surface area is 242 Å². The third-order valence-electron chi connectivity index (χ3n) is 8.86. The quantitative estimate of drug-likeness (QED) is 0.172. The summed E-state index contributed by atoms with van der Waals surface area (Å²) in [5.74, 6) is 0.206. The SMILES string of the molecule is CCCCc1ccc(C2CCC(c3cc(CCCCCC[Si](C)(C)C[Si](C)(C)C)ccc3C(=O)O)CC2)cc1. The van der Waals surface area contributed by atoms with E-state index >= 15 is 0 Å². The monoisotopic (exact) mass is 564 g/mol. The standard InChI is InChI=1S/C35H56O2Si2/c1-7-8-13-28-15-18-30(19-16-28)31-20-22-32(23-21-31)34-26-29(17-24-33(34)35(36)37)14-11-9-10-12-25-39(5,6)27-38(2,3)4/h15-19,24,26,31-32H,7-14,20-23,25,27H2,1-6H3,(H,36,37). The zero-order chi connectivity index (χ0) is 28.5. The van der Waals surface area contributed by atoms with E-state index in [0.717, 1.165) is 37.7 Å². The molecule has 0 aliphatic heterocycles. The van der Waals surface area contributed by atoms with Crippen LogP contribution >= 0.6 is 0 Å². The van der Waals surface area contributed by atoms with Crippen LogP contribution in [0.4, 0.5) is 0 Å². The second-order valence-electron chi connectivity index (χ2n) is 14.4. The maximum Gasteiger partial charge on any atom is 0.335 e. The Bertz CT molecular complexity index is 1030. The number of carboxylic acids is 1. The maximum absolute atomic E-state index is 12.1. The molecule has 0 bridgehead atoms. The van der Waals surface area contributed by atoms with Crippen LogP contribution in [-0.4, -0.2) is 27.2 Å². The highest BCUT2D eigenvalue weighted by Gasteiger charge is 2.28. The van der Waals surface area contributed by atoms with Gasteiger partial charge in [-0.15, -0.1) is 0 Å². The number of unbranched alkanes of at least 4 members (excludes halogenated alkanes) is 4. The zero-order valence-electron chi connectivity index (χ0n) is 26.0. The van der Waals surface area contributed by atoms with Crippen LogP contribution in [0.15, 0.2) is 42.5 Å². The molecule has 0 aromatic heterocycles. The second kappa shape index (κ2) is 14.8. The van der Waals surface area contributed by atoms with Crippen LogP contribution < -0.4 is 0 Å². The van der Waals surface area contributed by atoms with Crippen LogP contribution in [0.25, 0.3) is 0 Å². The Morgan fingerprint density at radius 3 is 1.97 bits per heavy atom. The highest BCUT2D eigenvalue weighted by atomic mass is 28.4. The van der Waals surface area contributed by atoms with Crippen LogP contribution in [0.2, 0.25) is 44.4 Å². The number of aromatic carboxylic acids is 1. The summed E-state index contributed by atoms with van der Waals surface area (Å²) in [5.41, 5.74) is 7.40. The summed E-state index contributed by atoms with van der Waals surface area (Å²) in [6, 6.07) is 17.0. The van der Waals surface area contributed by atoms with E-state index in [1.807, 2.05) is 6.07 Å². The van der Waals surface area contributed by atoms with Crippen molar-refractivity contribution in [2.24, 2.45) is 0 Å². The normalized spacial score (nSPS) is 18.3. The molecule has 0 radical (unpaired) electrons. The molecular weight excluding hydrogens is 509 g/mol. The first-order chi connectivity index (χ1) is 18.5. The molecule has 2 nitrogen and oxygen atoms in total. The number of carboxylic acid groups (broad SMARTS) is 1. The van der Waals surface area contributed by atoms with E-state index in [9.17, 15) is 9.90 Å². The highest BCUT2D eigenvalue weighted by molar-refractivity contribution is 6.94. The predicted molar refractivity (Wildman–Crippen MR) is 175 cm³/mol. The summed E-state index contributed by atoms with van der Waals surface area (Å²) in [7, 11) is -1.99. The van der Waals surface area contributed by atoms with E-state index in [-0.39, 0.29) is 0 Å². The van der Waals surface area contributed by atoms with Gasteiger partial charge >= 0.3 is 5.97 Å². The van der Waals surface area contributed by atoms with Gasteiger partial charge in [0, 0.05) is 16.1 Å². The molecule has 0 heterocycles. The summed E-state index contributed by atoms with van der Waals surface area (Å²) < 4.78 is 0. The van der Waals surface area contributed by atoms with Crippen LogP contribution in [-0.2, 0) is 12.8 Å². The first kappa shape index (κ1) is 31.9. The summed E-state index contributed by atoms with van der Waals surface area (Å²) in [4.78, 5) is 12.1. The third-order valence-corrected chi connectivity index (χ3v) is 18.6. The number of carbonyl (C=O) groups is 1. The van der Waals surface area contributed by atoms with Crippen molar-refractivity contribution in [2.45, 2.75) is 140 Å². The van der Waals surface area contributed by atoms with Crippen molar-refractivity contribution in [3.63, 3.8) is 0 Å². The minimum absolute atomic E-state index is 0.370. The fourth-order valence-electron chi connectivity index (χ4n) is 7.19. The molecule has 3 rings (SSSR count). The van der Waals surface area contributed by atoms with Crippen molar-refractivity contribution in [2.75, 3.05) is 0 Å². The van der Waals surface area contributed by atoms with Crippen LogP contribution in [0, 0.1) is 0 Å². The average Bonchev–Trinajstić information content (AvgIpc) is 2.88. The van der Waals surface area contributed by atoms with Gasteiger partial charge in [0.15, 0.2) is 0 Å². The first-order valence-corrected chi connectivity index (χ1v) is 23.0. The van der Waals surface area contributed by atoms with Crippen LogP contribution in [0.1, 0.15) is 116 Å². The number of hydrogen-bond donors (Lipinski definition) is 1. The van der Waals surface area contributed by atoms with E-state index < -0.39 is 22.1 Å². The second-order valence-corrected chi connectivity index (χ2v) is 25.8. The molecule has 1 aliphatic carbocycles. The lowest BCUT2D eigenvalue weighted by atomic mass is 9.74. The van der Waals surface area contributed by atoms with Gasteiger partial charge in [-0.05, 0) is 91.5 Å². The molecule has 0 unspecified atom stereocenters. The third kappa shape index (κ3) is 10.7. The molecule has 0 atom stereocenters. The molecule has 0 amide bonds. The summed E-state index contributed by atoms with van der Waals surface area (Å²) in [6.45, 7) is 15.0. The molecule has 2 aromatic carbocycles. The van der Waals surface area contributed by atoms with Gasteiger partial charge in [-0.1, -0.05) is 113 Å². The molecule has 2 aromatic rings. The van der Waals surface area contributed by atoms with Gasteiger partial charge < -0.3 is 5.11 Å². The fourth-order valence-corrected chi connectivity index (χ4v) is 20.6. The van der Waals surface area contributed by atoms with E-state index in [0.29, 0.717) is 17.4 Å². The van der Waals surface area contributed by atoms with Gasteiger partial charge in [-0.3, -0.25) is 0 Å². The maximum atomic E-state index is 12.1. The lowest BCUT2D eigenvalue weighted by molar-refractivity contribution is 0.0694. The molecular formula is C35H56O2Si2. The van der Waals surface area contributed by atoms with E-state index in [1.54, 1.807) is 5.67 Å². The van der Waals surface area contributed by atoms with Crippen LogP contribution in [0.3, 0.4) is 0 Å². The Kier molecular flexibility index (Phi) is 12.1. The van der Waals surface area contributed by atoms with Crippen molar-refractivity contribution in [3.8, 4) is 0 Å². The molecule has 1 N–H and O–H groups in total. The van der Waals surface area contributed by atoms with E-state index in [2.05, 4.69) is 76.1 Å². The van der Waals surface area contributed by atoms with Gasteiger partial charge in [0.2, 0.25) is 0 Å². The minimum Gasteiger partial charge on any atom is -0.478 e. The molecule has 4 heteroatoms. The molecule has 1 aliphatic rings.